The molecule has 1 N–H and O–H groups in total. The van der Waals surface area contributed by atoms with Crippen molar-refractivity contribution in [1.82, 2.24) is 5.32 Å². The van der Waals surface area contributed by atoms with E-state index in [-0.39, 0.29) is 6.04 Å². The molecule has 1 unspecified atom stereocenters. The van der Waals surface area contributed by atoms with Crippen LogP contribution in [0.3, 0.4) is 0 Å². The van der Waals surface area contributed by atoms with Crippen LogP contribution in [0.15, 0.2) is 70.1 Å². The SMILES string of the molecule is Cc1ccc(S(=O)C2=C(N[C@@H](C)c3ccccc3)CCCC2)cc1. The average Bonchev–Trinajstić information content (AvgIpc) is 2.63. The first-order valence-electron chi connectivity index (χ1n) is 8.67. The van der Waals surface area contributed by atoms with Gasteiger partial charge in [-0.25, -0.2) is 4.21 Å². The van der Waals surface area contributed by atoms with Crippen LogP contribution in [0.4, 0.5) is 0 Å². The van der Waals surface area contributed by atoms with Gasteiger partial charge < -0.3 is 5.32 Å². The third kappa shape index (κ3) is 3.96. The number of hydrogen-bond acceptors (Lipinski definition) is 2. The van der Waals surface area contributed by atoms with Crippen molar-refractivity contribution in [3.8, 4) is 0 Å². The zero-order chi connectivity index (χ0) is 16.9. The van der Waals surface area contributed by atoms with Crippen LogP contribution in [-0.4, -0.2) is 4.21 Å². The van der Waals surface area contributed by atoms with Gasteiger partial charge in [-0.2, -0.15) is 0 Å². The predicted octanol–water partition coefficient (Wildman–Crippen LogP) is 5.24. The summed E-state index contributed by atoms with van der Waals surface area (Å²) in [7, 11) is -1.06. The maximum absolute atomic E-state index is 13.1. The second-order valence-electron chi connectivity index (χ2n) is 6.47. The number of nitrogens with one attached hydrogen (secondary N) is 1. The molecule has 0 aliphatic heterocycles. The Bertz CT molecular complexity index is 734. The Balaban J connectivity index is 1.85. The summed E-state index contributed by atoms with van der Waals surface area (Å²) in [4.78, 5) is 1.98. The Kier molecular flexibility index (Phi) is 5.52. The topological polar surface area (TPSA) is 29.1 Å². The molecule has 0 heterocycles. The van der Waals surface area contributed by atoms with Gasteiger partial charge >= 0.3 is 0 Å². The molecule has 2 atom stereocenters. The first-order valence-corrected chi connectivity index (χ1v) is 9.82. The van der Waals surface area contributed by atoms with Crippen molar-refractivity contribution in [2.24, 2.45) is 0 Å². The summed E-state index contributed by atoms with van der Waals surface area (Å²) in [6.07, 6.45) is 4.20. The van der Waals surface area contributed by atoms with Gasteiger partial charge in [-0.15, -0.1) is 0 Å². The Labute approximate surface area is 147 Å². The maximum Gasteiger partial charge on any atom is 0.0825 e. The Morgan fingerprint density at radius 2 is 1.62 bits per heavy atom. The van der Waals surface area contributed by atoms with Gasteiger partial charge in [-0.3, -0.25) is 0 Å². The molecule has 0 saturated heterocycles. The Morgan fingerprint density at radius 1 is 0.958 bits per heavy atom. The van der Waals surface area contributed by atoms with Crippen LogP contribution in [0.5, 0.6) is 0 Å². The average molecular weight is 340 g/mol. The maximum atomic E-state index is 13.1. The zero-order valence-corrected chi connectivity index (χ0v) is 15.2. The van der Waals surface area contributed by atoms with E-state index in [1.807, 2.05) is 30.3 Å². The molecule has 24 heavy (non-hydrogen) atoms. The lowest BCUT2D eigenvalue weighted by molar-refractivity contribution is 0.575. The third-order valence-corrected chi connectivity index (χ3v) is 6.16. The van der Waals surface area contributed by atoms with Gasteiger partial charge in [-0.1, -0.05) is 48.0 Å². The summed E-state index contributed by atoms with van der Waals surface area (Å²) in [6.45, 7) is 4.23. The van der Waals surface area contributed by atoms with E-state index >= 15 is 0 Å². The van der Waals surface area contributed by atoms with Gasteiger partial charge in [0.1, 0.15) is 0 Å². The van der Waals surface area contributed by atoms with Gasteiger partial charge in [0.15, 0.2) is 0 Å². The van der Waals surface area contributed by atoms with Crippen molar-refractivity contribution in [2.75, 3.05) is 0 Å². The van der Waals surface area contributed by atoms with E-state index in [0.29, 0.717) is 0 Å². The van der Waals surface area contributed by atoms with Crippen molar-refractivity contribution in [2.45, 2.75) is 50.5 Å². The lowest BCUT2D eigenvalue weighted by Crippen LogP contribution is -2.22. The lowest BCUT2D eigenvalue weighted by atomic mass is 10.0. The first-order chi connectivity index (χ1) is 11.6. The fourth-order valence-electron chi connectivity index (χ4n) is 3.13. The molecular weight excluding hydrogens is 314 g/mol. The number of rotatable bonds is 5. The highest BCUT2D eigenvalue weighted by Gasteiger charge is 2.20. The first kappa shape index (κ1) is 17.0. The highest BCUT2D eigenvalue weighted by atomic mass is 32.2. The van der Waals surface area contributed by atoms with Gasteiger partial charge in [0.05, 0.1) is 10.8 Å². The minimum Gasteiger partial charge on any atom is -0.381 e. The lowest BCUT2D eigenvalue weighted by Gasteiger charge is -2.25. The molecule has 2 aromatic rings. The molecular formula is C21H25NOS. The van der Waals surface area contributed by atoms with E-state index in [9.17, 15) is 4.21 Å². The largest absolute Gasteiger partial charge is 0.381 e. The van der Waals surface area contributed by atoms with Crippen LogP contribution >= 0.6 is 0 Å². The minimum absolute atomic E-state index is 0.226. The number of hydrogen-bond donors (Lipinski definition) is 1. The van der Waals surface area contributed by atoms with Gasteiger partial charge in [0.2, 0.25) is 0 Å². The van der Waals surface area contributed by atoms with Gasteiger partial charge in [-0.05, 0) is 57.2 Å². The van der Waals surface area contributed by atoms with Gasteiger partial charge in [0.25, 0.3) is 0 Å². The van der Waals surface area contributed by atoms with E-state index in [2.05, 4.69) is 43.4 Å². The number of benzene rings is 2. The second kappa shape index (κ2) is 7.80. The van der Waals surface area contributed by atoms with Crippen molar-refractivity contribution >= 4 is 10.8 Å². The predicted molar refractivity (Wildman–Crippen MR) is 101 cm³/mol. The molecule has 2 nitrogen and oxygen atoms in total. The fraction of sp³-hybridized carbons (Fsp3) is 0.333. The monoisotopic (exact) mass is 339 g/mol. The highest BCUT2D eigenvalue weighted by Crippen LogP contribution is 2.30. The molecule has 0 amide bonds. The standard InChI is InChI=1S/C21H25NOS/c1-16-12-14-19(15-13-16)24(23)21-11-7-6-10-20(21)22-17(2)18-8-4-3-5-9-18/h3-5,8-9,12-15,17,22H,6-7,10-11H2,1-2H3/t17-,24?/m0/s1. The Morgan fingerprint density at radius 3 is 2.33 bits per heavy atom. The summed E-state index contributed by atoms with van der Waals surface area (Å²) in [6, 6.07) is 18.7. The molecule has 0 saturated carbocycles. The van der Waals surface area contributed by atoms with Crippen molar-refractivity contribution in [3.05, 3.63) is 76.3 Å². The summed E-state index contributed by atoms with van der Waals surface area (Å²) in [5.41, 5.74) is 3.64. The molecule has 0 spiro atoms. The molecule has 2 aromatic carbocycles. The quantitative estimate of drug-likeness (QED) is 0.807. The molecule has 0 aromatic heterocycles. The van der Waals surface area contributed by atoms with Crippen LogP contribution in [-0.2, 0) is 10.8 Å². The van der Waals surface area contributed by atoms with Gasteiger partial charge in [0, 0.05) is 21.5 Å². The summed E-state index contributed by atoms with van der Waals surface area (Å²) in [5.74, 6) is 0. The van der Waals surface area contributed by atoms with Crippen molar-refractivity contribution < 1.29 is 4.21 Å². The molecule has 0 fully saturated rings. The smallest absolute Gasteiger partial charge is 0.0825 e. The number of aryl methyl sites for hydroxylation is 1. The molecule has 1 aliphatic carbocycles. The fourth-order valence-corrected chi connectivity index (χ4v) is 4.51. The summed E-state index contributed by atoms with van der Waals surface area (Å²) >= 11 is 0. The number of allylic oxidation sites excluding steroid dienone is 2. The van der Waals surface area contributed by atoms with Crippen LogP contribution < -0.4 is 5.32 Å². The van der Waals surface area contributed by atoms with Crippen LogP contribution in [0.1, 0.15) is 49.8 Å². The van der Waals surface area contributed by atoms with E-state index in [0.717, 1.165) is 29.1 Å². The van der Waals surface area contributed by atoms with Crippen LogP contribution in [0, 0.1) is 6.92 Å². The summed E-state index contributed by atoms with van der Waals surface area (Å²) in [5, 5.41) is 3.63. The minimum atomic E-state index is -1.06. The molecule has 3 heteroatoms. The molecule has 0 radical (unpaired) electrons. The molecule has 3 rings (SSSR count). The molecule has 126 valence electrons. The second-order valence-corrected chi connectivity index (χ2v) is 7.97. The van der Waals surface area contributed by atoms with E-state index in [1.54, 1.807) is 0 Å². The van der Waals surface area contributed by atoms with Crippen molar-refractivity contribution in [3.63, 3.8) is 0 Å². The van der Waals surface area contributed by atoms with E-state index < -0.39 is 10.8 Å². The van der Waals surface area contributed by atoms with E-state index in [1.165, 1.54) is 23.2 Å². The molecule has 0 bridgehead atoms. The third-order valence-electron chi connectivity index (χ3n) is 4.57. The van der Waals surface area contributed by atoms with Crippen molar-refractivity contribution in [1.29, 1.82) is 0 Å². The van der Waals surface area contributed by atoms with Crippen LogP contribution in [0.2, 0.25) is 0 Å². The Hall–Kier alpha value is -1.87. The van der Waals surface area contributed by atoms with E-state index in [4.69, 9.17) is 0 Å². The highest BCUT2D eigenvalue weighted by molar-refractivity contribution is 7.89. The molecule has 1 aliphatic rings. The normalized spacial score (nSPS) is 17.4. The summed E-state index contributed by atoms with van der Waals surface area (Å²) < 4.78 is 13.1. The zero-order valence-electron chi connectivity index (χ0n) is 14.4. The van der Waals surface area contributed by atoms with Crippen LogP contribution in [0.25, 0.3) is 0 Å².